The summed E-state index contributed by atoms with van der Waals surface area (Å²) >= 11 is 0. The highest BCUT2D eigenvalue weighted by Crippen LogP contribution is 2.44. The van der Waals surface area contributed by atoms with Crippen molar-refractivity contribution in [3.8, 4) is 11.5 Å². The van der Waals surface area contributed by atoms with Gasteiger partial charge in [0.2, 0.25) is 0 Å². The van der Waals surface area contributed by atoms with E-state index in [0.717, 1.165) is 5.39 Å². The Morgan fingerprint density at radius 2 is 1.40 bits per heavy atom. The molecule has 0 amide bonds. The summed E-state index contributed by atoms with van der Waals surface area (Å²) in [6.45, 7) is 9.91. The summed E-state index contributed by atoms with van der Waals surface area (Å²) < 4.78 is 16.9. The monoisotopic (exact) mass is 478 g/mol. The van der Waals surface area contributed by atoms with Crippen molar-refractivity contribution < 1.29 is 33.4 Å². The molecule has 0 unspecified atom stereocenters. The third kappa shape index (κ3) is 5.85. The largest absolute Gasteiger partial charge is 0.460 e. The number of benzene rings is 3. The topological polar surface area (TPSA) is 96.0 Å². The van der Waals surface area contributed by atoms with Gasteiger partial charge in [0.1, 0.15) is 11.4 Å². The van der Waals surface area contributed by atoms with Gasteiger partial charge in [-0.3, -0.25) is 19.2 Å². The van der Waals surface area contributed by atoms with E-state index in [1.165, 1.54) is 6.92 Å². The quantitative estimate of drug-likeness (QED) is 0.186. The van der Waals surface area contributed by atoms with Crippen molar-refractivity contribution in [3.05, 3.63) is 47.5 Å². The van der Waals surface area contributed by atoms with E-state index < -0.39 is 29.3 Å². The molecule has 0 atom stereocenters. The van der Waals surface area contributed by atoms with E-state index in [1.54, 1.807) is 52.8 Å². The average molecular weight is 479 g/mol. The Balaban J connectivity index is 2.42. The van der Waals surface area contributed by atoms with Crippen LogP contribution in [0.4, 0.5) is 0 Å². The molecule has 3 aromatic carbocycles. The van der Waals surface area contributed by atoms with Gasteiger partial charge in [0, 0.05) is 18.2 Å². The lowest BCUT2D eigenvalue weighted by molar-refractivity contribution is -0.154. The van der Waals surface area contributed by atoms with Gasteiger partial charge in [0.05, 0.1) is 17.4 Å². The van der Waals surface area contributed by atoms with Crippen LogP contribution in [0.3, 0.4) is 0 Å². The van der Waals surface area contributed by atoms with E-state index in [4.69, 9.17) is 14.2 Å². The molecule has 0 fully saturated rings. The van der Waals surface area contributed by atoms with Crippen LogP contribution in [0.2, 0.25) is 0 Å². The molecule has 7 nitrogen and oxygen atoms in total. The van der Waals surface area contributed by atoms with Crippen LogP contribution in [0.15, 0.2) is 36.4 Å². The standard InChI is InChI=1S/C28H30O7/c1-7-21(30)33-26-20-12-10-9-11-17(20)13-18-14-19(15-23(32)35-28(4,5)6)24(16(3)29)27(25(18)26)34-22(31)8-2/h9-14H,7-8,15H2,1-6H3. The van der Waals surface area contributed by atoms with Crippen LogP contribution in [0.1, 0.15) is 70.3 Å². The second-order valence-corrected chi connectivity index (χ2v) is 9.24. The molecule has 0 heterocycles. The predicted octanol–water partition coefficient (Wildman–Crippen LogP) is 5.71. The van der Waals surface area contributed by atoms with Gasteiger partial charge in [-0.1, -0.05) is 38.1 Å². The maximum atomic E-state index is 12.9. The molecule has 0 aromatic heterocycles. The average Bonchev–Trinajstić information content (AvgIpc) is 2.76. The van der Waals surface area contributed by atoms with Crippen molar-refractivity contribution >= 4 is 45.2 Å². The zero-order chi connectivity index (χ0) is 25.9. The Morgan fingerprint density at radius 3 is 1.97 bits per heavy atom. The molecule has 0 saturated carbocycles. The summed E-state index contributed by atoms with van der Waals surface area (Å²) in [6, 6.07) is 10.8. The zero-order valence-corrected chi connectivity index (χ0v) is 20.9. The van der Waals surface area contributed by atoms with Gasteiger partial charge in [-0.15, -0.1) is 0 Å². The number of carbonyl (C=O) groups is 4. The van der Waals surface area contributed by atoms with Gasteiger partial charge in [-0.05, 0) is 56.2 Å². The highest BCUT2D eigenvalue weighted by molar-refractivity contribution is 6.14. The maximum Gasteiger partial charge on any atom is 0.310 e. The number of ketones is 1. The molecule has 0 radical (unpaired) electrons. The normalized spacial score (nSPS) is 11.4. The third-order valence-corrected chi connectivity index (χ3v) is 5.25. The van der Waals surface area contributed by atoms with Crippen molar-refractivity contribution in [2.75, 3.05) is 0 Å². The number of fused-ring (bicyclic) bond motifs is 2. The smallest absolute Gasteiger partial charge is 0.310 e. The summed E-state index contributed by atoms with van der Waals surface area (Å²) in [6.07, 6.45) is -0.00636. The molecule has 35 heavy (non-hydrogen) atoms. The number of rotatable bonds is 7. The predicted molar refractivity (Wildman–Crippen MR) is 133 cm³/mol. The van der Waals surface area contributed by atoms with Crippen LogP contribution in [-0.2, 0) is 25.5 Å². The number of hydrogen-bond donors (Lipinski definition) is 0. The van der Waals surface area contributed by atoms with E-state index in [1.807, 2.05) is 18.2 Å². The van der Waals surface area contributed by atoms with Crippen LogP contribution in [0.25, 0.3) is 21.5 Å². The number of ether oxygens (including phenoxy) is 3. The van der Waals surface area contributed by atoms with Gasteiger partial charge in [-0.2, -0.15) is 0 Å². The molecule has 0 aliphatic heterocycles. The SMILES string of the molecule is CCC(=O)Oc1c(C(C)=O)c(CC(=O)OC(C)(C)C)cc2cc3ccccc3c(OC(=O)CC)c12. The molecule has 0 bridgehead atoms. The number of carbonyl (C=O) groups excluding carboxylic acids is 4. The summed E-state index contributed by atoms with van der Waals surface area (Å²) in [5.74, 6) is -1.78. The van der Waals surface area contributed by atoms with Crippen molar-refractivity contribution in [2.24, 2.45) is 0 Å². The molecular formula is C28H30O7. The lowest BCUT2D eigenvalue weighted by atomic mass is 9.92. The molecular weight excluding hydrogens is 448 g/mol. The molecule has 0 spiro atoms. The molecule has 3 rings (SSSR count). The molecule has 0 aliphatic rings. The molecule has 0 saturated heterocycles. The number of Topliss-reactive ketones (excluding diaryl/α,β-unsaturated/α-hetero) is 1. The minimum Gasteiger partial charge on any atom is -0.460 e. The van der Waals surface area contributed by atoms with E-state index in [2.05, 4.69) is 0 Å². The molecule has 7 heteroatoms. The first-order chi connectivity index (χ1) is 16.4. The third-order valence-electron chi connectivity index (χ3n) is 5.25. The van der Waals surface area contributed by atoms with Crippen LogP contribution in [0, 0.1) is 0 Å². The fourth-order valence-corrected chi connectivity index (χ4v) is 3.85. The Hall–Kier alpha value is -3.74. The highest BCUT2D eigenvalue weighted by Gasteiger charge is 2.27. The van der Waals surface area contributed by atoms with Crippen LogP contribution < -0.4 is 9.47 Å². The van der Waals surface area contributed by atoms with Crippen molar-refractivity contribution in [1.29, 1.82) is 0 Å². The lowest BCUT2D eigenvalue weighted by Gasteiger charge is -2.21. The maximum absolute atomic E-state index is 12.9. The summed E-state index contributed by atoms with van der Waals surface area (Å²) in [5.41, 5.74) is -0.269. The van der Waals surface area contributed by atoms with Gasteiger partial charge in [0.15, 0.2) is 11.5 Å². The molecule has 0 aliphatic carbocycles. The van der Waals surface area contributed by atoms with Crippen molar-refractivity contribution in [3.63, 3.8) is 0 Å². The number of esters is 3. The molecule has 0 N–H and O–H groups in total. The Bertz CT molecular complexity index is 1330. The minimum atomic E-state index is -0.709. The Kier molecular flexibility index (Phi) is 7.58. The van der Waals surface area contributed by atoms with E-state index in [-0.39, 0.29) is 36.3 Å². The first-order valence-corrected chi connectivity index (χ1v) is 11.6. The second-order valence-electron chi connectivity index (χ2n) is 9.24. The zero-order valence-electron chi connectivity index (χ0n) is 20.9. The summed E-state index contributed by atoms with van der Waals surface area (Å²) in [4.78, 5) is 50.4. The first kappa shape index (κ1) is 25.9. The molecule has 3 aromatic rings. The fraction of sp³-hybridized carbons (Fsp3) is 0.357. The van der Waals surface area contributed by atoms with E-state index >= 15 is 0 Å². The minimum absolute atomic E-state index is 0.0231. The van der Waals surface area contributed by atoms with Crippen LogP contribution in [0.5, 0.6) is 11.5 Å². The van der Waals surface area contributed by atoms with Crippen molar-refractivity contribution in [2.45, 2.75) is 66.4 Å². The van der Waals surface area contributed by atoms with E-state index in [0.29, 0.717) is 21.7 Å². The van der Waals surface area contributed by atoms with Crippen LogP contribution >= 0.6 is 0 Å². The van der Waals surface area contributed by atoms with Gasteiger partial charge >= 0.3 is 17.9 Å². The number of hydrogen-bond acceptors (Lipinski definition) is 7. The second kappa shape index (κ2) is 10.3. The Labute approximate surface area is 204 Å². The summed E-state index contributed by atoms with van der Waals surface area (Å²) in [7, 11) is 0. The van der Waals surface area contributed by atoms with Gasteiger partial charge in [-0.25, -0.2) is 0 Å². The van der Waals surface area contributed by atoms with Crippen molar-refractivity contribution in [1.82, 2.24) is 0 Å². The van der Waals surface area contributed by atoms with Crippen LogP contribution in [-0.4, -0.2) is 29.3 Å². The first-order valence-electron chi connectivity index (χ1n) is 11.6. The highest BCUT2D eigenvalue weighted by atomic mass is 16.6. The molecule has 184 valence electrons. The lowest BCUT2D eigenvalue weighted by Crippen LogP contribution is -2.25. The van der Waals surface area contributed by atoms with E-state index in [9.17, 15) is 19.2 Å². The van der Waals surface area contributed by atoms with Gasteiger partial charge in [0.25, 0.3) is 0 Å². The van der Waals surface area contributed by atoms with Gasteiger partial charge < -0.3 is 14.2 Å². The fourth-order valence-electron chi connectivity index (χ4n) is 3.85. The summed E-state index contributed by atoms with van der Waals surface area (Å²) in [5, 5.41) is 2.30. The Morgan fingerprint density at radius 1 is 0.800 bits per heavy atom.